The first-order valence-corrected chi connectivity index (χ1v) is 21.5. The third-order valence-corrected chi connectivity index (χ3v) is 12.8. The van der Waals surface area contributed by atoms with Crippen LogP contribution in [0.1, 0.15) is 102 Å². The molecule has 3 aromatic rings. The molecule has 5 aliphatic rings. The summed E-state index contributed by atoms with van der Waals surface area (Å²) in [5, 5.41) is 8.48. The molecule has 2 aromatic carbocycles. The van der Waals surface area contributed by atoms with Crippen LogP contribution >= 0.6 is 0 Å². The first-order chi connectivity index (χ1) is 30.2. The van der Waals surface area contributed by atoms with E-state index in [1.165, 1.54) is 26.4 Å². The van der Waals surface area contributed by atoms with Crippen LogP contribution in [0.5, 0.6) is 11.5 Å². The van der Waals surface area contributed by atoms with Crippen molar-refractivity contribution < 1.29 is 47.0 Å². The molecule has 6 amide bonds. The average Bonchev–Trinajstić information content (AvgIpc) is 3.89. The Bertz CT molecular complexity index is 2320. The number of carbonyl (C=O) groups is 6. The Labute approximate surface area is 362 Å². The number of anilines is 4. The average molecular weight is 872 g/mol. The summed E-state index contributed by atoms with van der Waals surface area (Å²) in [5.74, 6) is -6.42. The van der Waals surface area contributed by atoms with Crippen LogP contribution in [0.2, 0.25) is 0 Å². The molecule has 8 rings (SSSR count). The first kappa shape index (κ1) is 43.4. The zero-order valence-electron chi connectivity index (χ0n) is 35.5. The molecule has 3 N–H and O–H groups in total. The second-order valence-corrected chi connectivity index (χ2v) is 16.9. The highest BCUT2D eigenvalue weighted by molar-refractivity contribution is 6.24. The maximum atomic E-state index is 15.0. The molecule has 1 aromatic heterocycles. The summed E-state index contributed by atoms with van der Waals surface area (Å²) in [6.07, 6.45) is 8.69. The van der Waals surface area contributed by atoms with Crippen molar-refractivity contribution in [3.05, 3.63) is 59.3 Å². The molecule has 17 nitrogen and oxygen atoms in total. The number of halogens is 2. The van der Waals surface area contributed by atoms with Crippen LogP contribution < -0.4 is 35.2 Å². The number of hydrogen-bond donors (Lipinski definition) is 3. The van der Waals surface area contributed by atoms with Gasteiger partial charge in [-0.15, -0.1) is 0 Å². The largest absolute Gasteiger partial charge is 0.495 e. The van der Waals surface area contributed by atoms with E-state index in [0.717, 1.165) is 61.2 Å². The zero-order valence-corrected chi connectivity index (χ0v) is 35.5. The summed E-state index contributed by atoms with van der Waals surface area (Å²) < 4.78 is 41.7. The van der Waals surface area contributed by atoms with Crippen molar-refractivity contribution in [2.45, 2.75) is 101 Å². The molecule has 3 aliphatic heterocycles. The van der Waals surface area contributed by atoms with Crippen LogP contribution in [-0.4, -0.2) is 126 Å². The number of alkyl halides is 2. The van der Waals surface area contributed by atoms with E-state index in [4.69, 9.17) is 9.47 Å². The zero-order chi connectivity index (χ0) is 44.6. The fraction of sp³-hybridized carbons (Fsp3) is 0.500. The third kappa shape index (κ3) is 8.74. The van der Waals surface area contributed by atoms with Gasteiger partial charge in [-0.25, -0.2) is 4.98 Å². The topological polar surface area (TPSA) is 196 Å². The van der Waals surface area contributed by atoms with Crippen molar-refractivity contribution in [1.29, 1.82) is 0 Å². The van der Waals surface area contributed by atoms with Crippen LogP contribution in [0.3, 0.4) is 0 Å². The van der Waals surface area contributed by atoms with Gasteiger partial charge in [-0.2, -0.15) is 13.8 Å². The molecule has 4 heterocycles. The van der Waals surface area contributed by atoms with Crippen LogP contribution in [0.25, 0.3) is 0 Å². The van der Waals surface area contributed by atoms with Gasteiger partial charge in [0.1, 0.15) is 23.2 Å². The monoisotopic (exact) mass is 871 g/mol. The molecule has 1 atom stereocenters. The minimum Gasteiger partial charge on any atom is -0.495 e. The number of carbonyl (C=O) groups excluding carboxylic acids is 6. The Balaban J connectivity index is 0.819. The summed E-state index contributed by atoms with van der Waals surface area (Å²) in [4.78, 5) is 91.4. The van der Waals surface area contributed by atoms with E-state index in [0.29, 0.717) is 42.6 Å². The van der Waals surface area contributed by atoms with E-state index in [1.54, 1.807) is 35.2 Å². The maximum Gasteiger partial charge on any atom is 0.342 e. The molecule has 63 heavy (non-hydrogen) atoms. The minimum atomic E-state index is -3.59. The number of imide groups is 2. The van der Waals surface area contributed by atoms with Crippen LogP contribution in [0.15, 0.2) is 42.6 Å². The Morgan fingerprint density at radius 3 is 2.48 bits per heavy atom. The molecule has 0 spiro atoms. The lowest BCUT2D eigenvalue weighted by molar-refractivity contribution is -0.140. The van der Waals surface area contributed by atoms with E-state index in [1.807, 2.05) is 7.05 Å². The number of hydrogen-bond acceptors (Lipinski definition) is 13. The Morgan fingerprint density at radius 1 is 0.984 bits per heavy atom. The molecule has 3 fully saturated rings. The highest BCUT2D eigenvalue weighted by Crippen LogP contribution is 2.40. The second kappa shape index (κ2) is 17.9. The summed E-state index contributed by atoms with van der Waals surface area (Å²) in [6, 6.07) is 8.80. The van der Waals surface area contributed by atoms with E-state index in [9.17, 15) is 28.8 Å². The predicted octanol–water partition coefficient (Wildman–Crippen LogP) is 4.43. The van der Waals surface area contributed by atoms with Gasteiger partial charge in [-0.05, 0) is 88.7 Å². The highest BCUT2D eigenvalue weighted by Gasteiger charge is 2.49. The standard InChI is InChI=1S/C44H51F2N9O8/c1-52(20-7-21-63-33-11-6-10-29-36(33)41(60)55(40(29)59)31-18-19-35(56)50-39(31)58)27-15-13-26(14-16-27)48-38(57)25-12-17-30(34(22-25)62-3)49-43-47-23-32-37(51-43)54(28-8-4-5-9-28)24-44(45,46)42(61)53(32)2/h6,10-12,17,22-23,26-28,31H,4-5,7-9,13-16,18-21,24H2,1-3H3,(H,48,57)(H,47,49,51)(H,50,56,58). The van der Waals surface area contributed by atoms with Gasteiger partial charge in [0.2, 0.25) is 17.8 Å². The predicted molar refractivity (Wildman–Crippen MR) is 226 cm³/mol. The molecule has 1 saturated heterocycles. The lowest BCUT2D eigenvalue weighted by Crippen LogP contribution is -2.54. The molecule has 0 bridgehead atoms. The third-order valence-electron chi connectivity index (χ3n) is 12.8. The number of benzene rings is 2. The van der Waals surface area contributed by atoms with Crippen molar-refractivity contribution in [2.24, 2.45) is 0 Å². The van der Waals surface area contributed by atoms with Crippen molar-refractivity contribution in [1.82, 2.24) is 30.4 Å². The van der Waals surface area contributed by atoms with Gasteiger partial charge in [0.15, 0.2) is 5.82 Å². The molecule has 2 aliphatic carbocycles. The number of ether oxygens (including phenoxy) is 2. The quantitative estimate of drug-likeness (QED) is 0.161. The van der Waals surface area contributed by atoms with E-state index >= 15 is 8.78 Å². The normalized spacial score (nSPS) is 22.5. The van der Waals surface area contributed by atoms with Gasteiger partial charge in [-0.3, -0.25) is 39.0 Å². The van der Waals surface area contributed by atoms with E-state index in [2.05, 4.69) is 30.8 Å². The van der Waals surface area contributed by atoms with Crippen molar-refractivity contribution >= 4 is 58.6 Å². The molecular weight excluding hydrogens is 821 g/mol. The van der Waals surface area contributed by atoms with Crippen molar-refractivity contribution in [3.8, 4) is 11.5 Å². The smallest absolute Gasteiger partial charge is 0.342 e. The summed E-state index contributed by atoms with van der Waals surface area (Å²) in [5.41, 5.74) is 1.36. The number of nitrogens with one attached hydrogen (secondary N) is 3. The number of methoxy groups -OCH3 is 1. The molecule has 0 radical (unpaired) electrons. The Kier molecular flexibility index (Phi) is 12.3. The SMILES string of the molecule is COc1cc(C(=O)NC2CCC(N(C)CCCOc3cccc4c3C(=O)N(C3CCC(=O)NC3=O)C4=O)CC2)ccc1Nc1ncc2c(n1)N(C1CCCC1)CC(F)(F)C(=O)N2C. The molecule has 334 valence electrons. The van der Waals surface area contributed by atoms with E-state index < -0.39 is 48.0 Å². The molecule has 19 heteroatoms. The highest BCUT2D eigenvalue weighted by atomic mass is 19.3. The van der Waals surface area contributed by atoms with Gasteiger partial charge < -0.3 is 34.8 Å². The first-order valence-electron chi connectivity index (χ1n) is 21.5. The minimum absolute atomic E-state index is 0.0253. The van der Waals surface area contributed by atoms with Crippen LogP contribution in [0, 0.1) is 0 Å². The number of aromatic nitrogens is 2. The van der Waals surface area contributed by atoms with Gasteiger partial charge >= 0.3 is 5.92 Å². The lowest BCUT2D eigenvalue weighted by Gasteiger charge is -2.35. The fourth-order valence-corrected chi connectivity index (χ4v) is 9.37. The number of rotatable bonds is 13. The Morgan fingerprint density at radius 2 is 1.75 bits per heavy atom. The van der Waals surface area contributed by atoms with E-state index in [-0.39, 0.29) is 65.2 Å². The van der Waals surface area contributed by atoms with Gasteiger partial charge in [0.25, 0.3) is 23.6 Å². The second-order valence-electron chi connectivity index (χ2n) is 16.9. The fourth-order valence-electron chi connectivity index (χ4n) is 9.37. The van der Waals surface area contributed by atoms with Gasteiger partial charge in [0.05, 0.1) is 43.3 Å². The number of fused-ring (bicyclic) bond motifs is 2. The molecule has 1 unspecified atom stereocenters. The molecule has 2 saturated carbocycles. The van der Waals surface area contributed by atoms with Crippen molar-refractivity contribution in [2.75, 3.05) is 56.0 Å². The van der Waals surface area contributed by atoms with Crippen LogP contribution in [-0.2, 0) is 14.4 Å². The summed E-state index contributed by atoms with van der Waals surface area (Å²) >= 11 is 0. The van der Waals surface area contributed by atoms with Gasteiger partial charge in [0, 0.05) is 43.7 Å². The molecular formula is C44H51F2N9O8. The lowest BCUT2D eigenvalue weighted by atomic mass is 9.90. The summed E-state index contributed by atoms with van der Waals surface area (Å²) in [6.45, 7) is 0.245. The van der Waals surface area contributed by atoms with Gasteiger partial charge in [-0.1, -0.05) is 18.9 Å². The summed E-state index contributed by atoms with van der Waals surface area (Å²) in [7, 11) is 4.83. The number of nitrogens with zero attached hydrogens (tertiary/aromatic N) is 6. The number of piperidine rings is 1. The maximum absolute atomic E-state index is 15.0. The van der Waals surface area contributed by atoms with Crippen molar-refractivity contribution in [3.63, 3.8) is 0 Å². The Hall–Kier alpha value is -6.24. The number of amides is 6. The van der Waals surface area contributed by atoms with Crippen LogP contribution in [0.4, 0.5) is 31.9 Å².